The molecule has 0 bridgehead atoms. The summed E-state index contributed by atoms with van der Waals surface area (Å²) in [7, 11) is 0. The van der Waals surface area contributed by atoms with E-state index in [2.05, 4.69) is 24.8 Å². The molecule has 3 nitrogen and oxygen atoms in total. The lowest BCUT2D eigenvalue weighted by molar-refractivity contribution is 0.952. The van der Waals surface area contributed by atoms with Gasteiger partial charge in [-0.15, -0.1) is 12.6 Å². The Morgan fingerprint density at radius 3 is 1.76 bits per heavy atom. The van der Waals surface area contributed by atoms with Gasteiger partial charge in [0.25, 0.3) is 0 Å². The van der Waals surface area contributed by atoms with E-state index in [0.717, 1.165) is 27.4 Å². The van der Waals surface area contributed by atoms with Gasteiger partial charge in [0.15, 0.2) is 0 Å². The monoisotopic (exact) mass is 341 g/mol. The van der Waals surface area contributed by atoms with Crippen LogP contribution in [-0.4, -0.2) is 4.98 Å². The molecule has 0 unspecified atom stereocenters. The van der Waals surface area contributed by atoms with Crippen molar-refractivity contribution in [2.45, 2.75) is 17.7 Å². The van der Waals surface area contributed by atoms with Gasteiger partial charge in [-0.25, -0.2) is 0 Å². The molecule has 0 aliphatic heterocycles. The van der Waals surface area contributed by atoms with E-state index in [1.807, 2.05) is 60.7 Å². The van der Waals surface area contributed by atoms with Crippen LogP contribution in [0.25, 0.3) is 0 Å². The second-order valence-electron chi connectivity index (χ2n) is 5.74. The van der Waals surface area contributed by atoms with Crippen LogP contribution in [0.4, 0.5) is 0 Å². The van der Waals surface area contributed by atoms with Crippen molar-refractivity contribution in [2.24, 2.45) is 0 Å². The highest BCUT2D eigenvalue weighted by atomic mass is 32.1. The highest BCUT2D eigenvalue weighted by molar-refractivity contribution is 7.80. The third-order valence-corrected chi connectivity index (χ3v) is 4.34. The number of aromatic nitrogens is 1. The number of nitriles is 2. The molecule has 0 spiro atoms. The predicted molar refractivity (Wildman–Crippen MR) is 99.4 cm³/mol. The third kappa shape index (κ3) is 4.26. The average Bonchev–Trinajstić information content (AvgIpc) is 2.66. The first-order chi connectivity index (χ1) is 12.2. The zero-order valence-electron chi connectivity index (χ0n) is 13.5. The molecule has 1 aromatic heterocycles. The Morgan fingerprint density at radius 1 is 0.720 bits per heavy atom. The summed E-state index contributed by atoms with van der Waals surface area (Å²) in [4.78, 5) is 5.60. The maximum absolute atomic E-state index is 8.88. The number of hydrogen-bond donors (Lipinski definition) is 1. The van der Waals surface area contributed by atoms with Crippen molar-refractivity contribution in [1.82, 2.24) is 4.98 Å². The van der Waals surface area contributed by atoms with Crippen molar-refractivity contribution in [3.05, 3.63) is 94.3 Å². The second-order valence-corrected chi connectivity index (χ2v) is 6.22. The summed E-state index contributed by atoms with van der Waals surface area (Å²) in [5.41, 5.74) is 5.40. The van der Waals surface area contributed by atoms with Crippen molar-refractivity contribution in [3.8, 4) is 12.1 Å². The van der Waals surface area contributed by atoms with Crippen LogP contribution in [0.2, 0.25) is 0 Å². The summed E-state index contributed by atoms with van der Waals surface area (Å²) in [6.07, 6.45) is 1.38. The Bertz CT molecular complexity index is 962. The summed E-state index contributed by atoms with van der Waals surface area (Å²) in [5.74, 6) is 0. The first-order valence-corrected chi connectivity index (χ1v) is 8.28. The molecular weight excluding hydrogens is 326 g/mol. The number of pyridine rings is 1. The fraction of sp³-hybridized carbons (Fsp3) is 0.0952. The van der Waals surface area contributed by atoms with E-state index in [4.69, 9.17) is 15.5 Å². The van der Waals surface area contributed by atoms with Crippen molar-refractivity contribution in [1.29, 1.82) is 10.5 Å². The second kappa shape index (κ2) is 7.66. The quantitative estimate of drug-likeness (QED) is 0.720. The van der Waals surface area contributed by atoms with Crippen molar-refractivity contribution in [2.75, 3.05) is 0 Å². The van der Waals surface area contributed by atoms with E-state index < -0.39 is 0 Å². The highest BCUT2D eigenvalue weighted by Crippen LogP contribution is 2.19. The molecule has 0 saturated carbocycles. The van der Waals surface area contributed by atoms with Crippen LogP contribution in [0.1, 0.15) is 33.6 Å². The minimum absolute atomic E-state index is 0.650. The lowest BCUT2D eigenvalue weighted by atomic mass is 10.0. The summed E-state index contributed by atoms with van der Waals surface area (Å²) >= 11 is 4.52. The van der Waals surface area contributed by atoms with Crippen molar-refractivity contribution in [3.63, 3.8) is 0 Å². The molecule has 0 aliphatic rings. The zero-order chi connectivity index (χ0) is 17.6. The fourth-order valence-electron chi connectivity index (χ4n) is 2.56. The van der Waals surface area contributed by atoms with Gasteiger partial charge in [0, 0.05) is 23.4 Å². The summed E-state index contributed by atoms with van der Waals surface area (Å²) in [6.45, 7) is 0. The smallest absolute Gasteiger partial charge is 0.0991 e. The van der Waals surface area contributed by atoms with Crippen LogP contribution >= 0.6 is 12.6 Å². The van der Waals surface area contributed by atoms with Gasteiger partial charge in [-0.05, 0) is 47.5 Å². The van der Waals surface area contributed by atoms with Crippen LogP contribution in [0.15, 0.2) is 65.6 Å². The Hall–Kier alpha value is -3.08. The molecule has 120 valence electrons. The number of rotatable bonds is 4. The molecule has 3 aromatic rings. The molecule has 0 radical (unpaired) electrons. The SMILES string of the molecule is N#Cc1ccc(Cc2ccc(S)c(Cc3ccc(C#N)cc3)n2)cc1. The molecule has 4 heteroatoms. The minimum atomic E-state index is 0.650. The van der Waals surface area contributed by atoms with E-state index >= 15 is 0 Å². The summed E-state index contributed by atoms with van der Waals surface area (Å²) < 4.78 is 0. The number of hydrogen-bond acceptors (Lipinski definition) is 4. The first kappa shape index (κ1) is 16.8. The lowest BCUT2D eigenvalue weighted by Crippen LogP contribution is -2.00. The van der Waals surface area contributed by atoms with Crippen LogP contribution < -0.4 is 0 Å². The number of benzene rings is 2. The molecule has 0 amide bonds. The lowest BCUT2D eigenvalue weighted by Gasteiger charge is -2.08. The van der Waals surface area contributed by atoms with Crippen molar-refractivity contribution < 1.29 is 0 Å². The zero-order valence-corrected chi connectivity index (χ0v) is 14.4. The maximum Gasteiger partial charge on any atom is 0.0991 e. The largest absolute Gasteiger partial charge is 0.256 e. The van der Waals surface area contributed by atoms with E-state index in [9.17, 15) is 0 Å². The van der Waals surface area contributed by atoms with E-state index in [0.29, 0.717) is 24.0 Å². The molecule has 2 aromatic carbocycles. The van der Waals surface area contributed by atoms with Crippen LogP contribution in [0, 0.1) is 22.7 Å². The number of nitrogens with zero attached hydrogens (tertiary/aromatic N) is 3. The van der Waals surface area contributed by atoms with Crippen LogP contribution in [0.5, 0.6) is 0 Å². The Balaban J connectivity index is 1.79. The van der Waals surface area contributed by atoms with Gasteiger partial charge in [-0.2, -0.15) is 10.5 Å². The van der Waals surface area contributed by atoms with Crippen molar-refractivity contribution >= 4 is 12.6 Å². The molecular formula is C21H15N3S. The van der Waals surface area contributed by atoms with Gasteiger partial charge >= 0.3 is 0 Å². The summed E-state index contributed by atoms with van der Waals surface area (Å²) in [6, 6.07) is 23.3. The van der Waals surface area contributed by atoms with Gasteiger partial charge in [0.05, 0.1) is 29.0 Å². The maximum atomic E-state index is 8.88. The molecule has 0 N–H and O–H groups in total. The normalized spacial score (nSPS) is 10.0. The Kier molecular flexibility index (Phi) is 5.14. The molecule has 1 heterocycles. The fourth-order valence-corrected chi connectivity index (χ4v) is 2.77. The summed E-state index contributed by atoms with van der Waals surface area (Å²) in [5, 5.41) is 17.7. The van der Waals surface area contributed by atoms with Gasteiger partial charge in [0.1, 0.15) is 0 Å². The standard InChI is InChI=1S/C21H15N3S/c22-13-17-5-1-15(2-6-17)11-19-9-10-21(25)20(24-19)12-16-3-7-18(14-23)8-4-16/h1-10,25H,11-12H2. The molecule has 25 heavy (non-hydrogen) atoms. The highest BCUT2D eigenvalue weighted by Gasteiger charge is 2.06. The Labute approximate surface area is 152 Å². The third-order valence-electron chi connectivity index (χ3n) is 3.93. The topological polar surface area (TPSA) is 60.5 Å². The molecule has 0 fully saturated rings. The molecule has 0 atom stereocenters. The average molecular weight is 341 g/mol. The van der Waals surface area contributed by atoms with E-state index in [1.54, 1.807) is 0 Å². The minimum Gasteiger partial charge on any atom is -0.256 e. The predicted octanol–water partition coefficient (Wildman–Crippen LogP) is 4.30. The first-order valence-electron chi connectivity index (χ1n) is 7.84. The molecule has 0 saturated heterocycles. The molecule has 0 aliphatic carbocycles. The van der Waals surface area contributed by atoms with E-state index in [-0.39, 0.29) is 0 Å². The Morgan fingerprint density at radius 2 is 1.24 bits per heavy atom. The van der Waals surface area contributed by atoms with Gasteiger partial charge in [0.2, 0.25) is 0 Å². The van der Waals surface area contributed by atoms with Gasteiger partial charge < -0.3 is 0 Å². The molecule has 3 rings (SSSR count). The van der Waals surface area contributed by atoms with Crippen LogP contribution in [0.3, 0.4) is 0 Å². The van der Waals surface area contributed by atoms with Gasteiger partial charge in [-0.3, -0.25) is 4.98 Å². The van der Waals surface area contributed by atoms with Gasteiger partial charge in [-0.1, -0.05) is 24.3 Å². The number of thiol groups is 1. The van der Waals surface area contributed by atoms with Crippen LogP contribution in [-0.2, 0) is 12.8 Å². The van der Waals surface area contributed by atoms with E-state index in [1.165, 1.54) is 0 Å².